The summed E-state index contributed by atoms with van der Waals surface area (Å²) < 4.78 is 14.4. The largest absolute Gasteiger partial charge is 0.493 e. The molecule has 0 aliphatic rings. The fourth-order valence-electron chi connectivity index (χ4n) is 2.75. The molecular formula is C20H24BrN5O2. The van der Waals surface area contributed by atoms with Gasteiger partial charge >= 0.3 is 0 Å². The van der Waals surface area contributed by atoms with Gasteiger partial charge in [0.15, 0.2) is 11.5 Å². The minimum atomic E-state index is 0.453. The summed E-state index contributed by atoms with van der Waals surface area (Å²) in [5, 5.41) is 15.2. The van der Waals surface area contributed by atoms with Crippen LogP contribution in [0.4, 0.5) is 5.95 Å². The van der Waals surface area contributed by atoms with Gasteiger partial charge in [0.2, 0.25) is 5.95 Å². The lowest BCUT2D eigenvalue weighted by molar-refractivity contribution is 0.281. The third kappa shape index (κ3) is 5.01. The van der Waals surface area contributed by atoms with E-state index < -0.39 is 0 Å². The van der Waals surface area contributed by atoms with Crippen LogP contribution in [0.25, 0.3) is 0 Å². The van der Waals surface area contributed by atoms with Gasteiger partial charge in [0.1, 0.15) is 6.61 Å². The molecular weight excluding hydrogens is 422 g/mol. The number of nitrogens with zero attached hydrogens (tertiary/aromatic N) is 4. The molecule has 0 amide bonds. The Balaban J connectivity index is 1.78. The minimum Gasteiger partial charge on any atom is -0.493 e. The molecule has 28 heavy (non-hydrogen) atoms. The predicted molar refractivity (Wildman–Crippen MR) is 112 cm³/mol. The van der Waals surface area contributed by atoms with Gasteiger partial charge in [-0.2, -0.15) is 0 Å². The molecule has 148 valence electrons. The van der Waals surface area contributed by atoms with Crippen molar-refractivity contribution in [2.45, 2.75) is 39.5 Å². The maximum Gasteiger partial charge on any atom is 0.243 e. The van der Waals surface area contributed by atoms with Crippen LogP contribution >= 0.6 is 15.9 Å². The molecule has 0 saturated carbocycles. The number of hydrogen-bond donors (Lipinski definition) is 1. The molecule has 0 aliphatic carbocycles. The van der Waals surface area contributed by atoms with E-state index in [1.807, 2.05) is 42.5 Å². The maximum absolute atomic E-state index is 6.14. The van der Waals surface area contributed by atoms with Crippen LogP contribution in [0, 0.1) is 0 Å². The number of aryl methyl sites for hydroxylation is 1. The lowest BCUT2D eigenvalue weighted by Gasteiger charge is -2.17. The summed E-state index contributed by atoms with van der Waals surface area (Å²) in [5.41, 5.74) is 2.03. The van der Waals surface area contributed by atoms with Gasteiger partial charge in [-0.05, 0) is 34.5 Å². The highest BCUT2D eigenvalue weighted by molar-refractivity contribution is 9.10. The van der Waals surface area contributed by atoms with Gasteiger partial charge in [-0.25, -0.2) is 4.68 Å². The van der Waals surface area contributed by atoms with E-state index in [-0.39, 0.29) is 0 Å². The molecule has 1 N–H and O–H groups in total. The molecule has 7 nitrogen and oxygen atoms in total. The Bertz CT molecular complexity index is 886. The van der Waals surface area contributed by atoms with Crippen molar-refractivity contribution in [3.05, 3.63) is 58.1 Å². The number of unbranched alkanes of at least 4 members (excludes halogenated alkanes) is 1. The number of tetrazole rings is 1. The number of methoxy groups -OCH3 is 1. The van der Waals surface area contributed by atoms with Gasteiger partial charge in [0.25, 0.3) is 0 Å². The van der Waals surface area contributed by atoms with E-state index >= 15 is 0 Å². The van der Waals surface area contributed by atoms with E-state index in [1.165, 1.54) is 0 Å². The monoisotopic (exact) mass is 445 g/mol. The molecule has 0 aliphatic heterocycles. The van der Waals surface area contributed by atoms with Crippen molar-refractivity contribution in [1.82, 2.24) is 20.2 Å². The molecule has 0 radical (unpaired) electrons. The second kappa shape index (κ2) is 10.1. The van der Waals surface area contributed by atoms with E-state index in [1.54, 1.807) is 11.8 Å². The van der Waals surface area contributed by atoms with Gasteiger partial charge < -0.3 is 14.8 Å². The van der Waals surface area contributed by atoms with Gasteiger partial charge in [0.05, 0.1) is 7.11 Å². The van der Waals surface area contributed by atoms with Crippen LogP contribution in [-0.2, 0) is 19.7 Å². The van der Waals surface area contributed by atoms with E-state index in [0.29, 0.717) is 30.6 Å². The standard InChI is InChI=1S/C20H24BrN5O2/c1-3-4-12-26-20(23-24-25-26)22-13-16-17(21)10-11-18(27-2)19(16)28-14-15-8-6-5-7-9-15/h5-11H,3-4,12-14H2,1-2H3,(H,22,23,25). The number of nitrogens with one attached hydrogen (secondary N) is 1. The Morgan fingerprint density at radius 3 is 2.71 bits per heavy atom. The van der Waals surface area contributed by atoms with Crippen LogP contribution < -0.4 is 14.8 Å². The van der Waals surface area contributed by atoms with Crippen molar-refractivity contribution in [2.75, 3.05) is 12.4 Å². The SMILES string of the molecule is CCCCn1nnnc1NCc1c(Br)ccc(OC)c1OCc1ccccc1. The molecule has 3 aromatic rings. The molecule has 8 heteroatoms. The first kappa shape index (κ1) is 20.1. The van der Waals surface area contributed by atoms with Crippen LogP contribution in [0.2, 0.25) is 0 Å². The van der Waals surface area contributed by atoms with Crippen LogP contribution in [0.15, 0.2) is 46.9 Å². The van der Waals surface area contributed by atoms with Crippen LogP contribution in [-0.4, -0.2) is 27.3 Å². The van der Waals surface area contributed by atoms with Gasteiger partial charge in [-0.15, -0.1) is 0 Å². The lowest BCUT2D eigenvalue weighted by atomic mass is 10.1. The van der Waals surface area contributed by atoms with Crippen molar-refractivity contribution in [2.24, 2.45) is 0 Å². The summed E-state index contributed by atoms with van der Waals surface area (Å²) in [5.74, 6) is 2.01. The van der Waals surface area contributed by atoms with Crippen molar-refractivity contribution in [3.63, 3.8) is 0 Å². The number of hydrogen-bond acceptors (Lipinski definition) is 6. The zero-order valence-corrected chi connectivity index (χ0v) is 17.6. The first-order chi connectivity index (χ1) is 13.7. The van der Waals surface area contributed by atoms with E-state index in [2.05, 4.69) is 43.7 Å². The fourth-order valence-corrected chi connectivity index (χ4v) is 3.21. The number of rotatable bonds is 10. The molecule has 1 heterocycles. The van der Waals surface area contributed by atoms with Crippen molar-refractivity contribution < 1.29 is 9.47 Å². The highest BCUT2D eigenvalue weighted by Crippen LogP contribution is 2.37. The second-order valence-electron chi connectivity index (χ2n) is 6.26. The zero-order valence-electron chi connectivity index (χ0n) is 16.1. The number of anilines is 1. The van der Waals surface area contributed by atoms with Gasteiger partial charge in [-0.1, -0.05) is 64.7 Å². The van der Waals surface area contributed by atoms with Crippen molar-refractivity contribution in [1.29, 1.82) is 0 Å². The summed E-state index contributed by atoms with van der Waals surface area (Å²) in [7, 11) is 1.64. The number of ether oxygens (including phenoxy) is 2. The summed E-state index contributed by atoms with van der Waals surface area (Å²) >= 11 is 3.63. The molecule has 3 rings (SSSR count). The summed E-state index contributed by atoms with van der Waals surface area (Å²) in [6, 6.07) is 13.9. The average Bonchev–Trinajstić information content (AvgIpc) is 3.18. The fraction of sp³-hybridized carbons (Fsp3) is 0.350. The molecule has 0 bridgehead atoms. The van der Waals surface area contributed by atoms with Crippen LogP contribution in [0.1, 0.15) is 30.9 Å². The maximum atomic E-state index is 6.14. The molecule has 2 aromatic carbocycles. The van der Waals surface area contributed by atoms with Crippen molar-refractivity contribution in [3.8, 4) is 11.5 Å². The Kier molecular flexibility index (Phi) is 7.25. The third-order valence-corrected chi connectivity index (χ3v) is 5.03. The Labute approximate surface area is 173 Å². The quantitative estimate of drug-likeness (QED) is 0.497. The van der Waals surface area contributed by atoms with Crippen molar-refractivity contribution >= 4 is 21.9 Å². The minimum absolute atomic E-state index is 0.453. The summed E-state index contributed by atoms with van der Waals surface area (Å²) in [6.45, 7) is 3.87. The first-order valence-corrected chi connectivity index (χ1v) is 10.0. The van der Waals surface area contributed by atoms with Gasteiger partial charge in [-0.3, -0.25) is 0 Å². The third-order valence-electron chi connectivity index (χ3n) is 4.29. The zero-order chi connectivity index (χ0) is 19.8. The van der Waals surface area contributed by atoms with E-state index in [0.717, 1.165) is 35.0 Å². The van der Waals surface area contributed by atoms with E-state index in [4.69, 9.17) is 9.47 Å². The smallest absolute Gasteiger partial charge is 0.243 e. The molecule has 0 atom stereocenters. The van der Waals surface area contributed by atoms with E-state index in [9.17, 15) is 0 Å². The molecule has 0 spiro atoms. The van der Waals surface area contributed by atoms with Crippen LogP contribution in [0.5, 0.6) is 11.5 Å². The Morgan fingerprint density at radius 1 is 1.14 bits per heavy atom. The van der Waals surface area contributed by atoms with Crippen LogP contribution in [0.3, 0.4) is 0 Å². The second-order valence-corrected chi connectivity index (χ2v) is 7.12. The highest BCUT2D eigenvalue weighted by atomic mass is 79.9. The normalized spacial score (nSPS) is 10.7. The lowest BCUT2D eigenvalue weighted by Crippen LogP contribution is -2.11. The summed E-state index contributed by atoms with van der Waals surface area (Å²) in [4.78, 5) is 0. The number of halogens is 1. The first-order valence-electron chi connectivity index (χ1n) is 9.25. The Hall–Kier alpha value is -2.61. The molecule has 1 aromatic heterocycles. The number of aromatic nitrogens is 4. The highest BCUT2D eigenvalue weighted by Gasteiger charge is 2.16. The Morgan fingerprint density at radius 2 is 1.96 bits per heavy atom. The summed E-state index contributed by atoms with van der Waals surface area (Å²) in [6.07, 6.45) is 2.10. The number of benzene rings is 2. The topological polar surface area (TPSA) is 74.1 Å². The molecule has 0 saturated heterocycles. The molecule has 0 unspecified atom stereocenters. The predicted octanol–water partition coefficient (Wildman–Crippen LogP) is 4.44. The van der Waals surface area contributed by atoms with Gasteiger partial charge in [0, 0.05) is 23.1 Å². The average molecular weight is 446 g/mol. The molecule has 0 fully saturated rings.